The molecule has 0 spiro atoms. The van der Waals surface area contributed by atoms with Crippen molar-refractivity contribution in [2.75, 3.05) is 27.4 Å². The fraction of sp³-hybridized carbons (Fsp3) is 0.375. The maximum Gasteiger partial charge on any atom is 0.261 e. The van der Waals surface area contributed by atoms with Crippen LogP contribution in [0.15, 0.2) is 53.3 Å². The summed E-state index contributed by atoms with van der Waals surface area (Å²) >= 11 is 0. The largest absolute Gasteiger partial charge is 0.497 e. The number of benzene rings is 2. The van der Waals surface area contributed by atoms with E-state index < -0.39 is 6.04 Å². The molecular formula is C24H29N3O4. The van der Waals surface area contributed by atoms with Crippen molar-refractivity contribution in [3.63, 3.8) is 0 Å². The first kappa shape index (κ1) is 22.5. The van der Waals surface area contributed by atoms with Crippen LogP contribution in [0.25, 0.3) is 10.9 Å². The Kier molecular flexibility index (Phi) is 7.41. The SMILES string of the molecule is CCn1c(C(C)N(CCCOC)C(=O)c2ccc(OC)cc2)nc2ccccc2c1=O. The summed E-state index contributed by atoms with van der Waals surface area (Å²) in [6.45, 7) is 5.31. The zero-order valence-corrected chi connectivity index (χ0v) is 18.5. The van der Waals surface area contributed by atoms with Crippen molar-refractivity contribution in [1.82, 2.24) is 14.5 Å². The Hall–Kier alpha value is -3.19. The molecule has 3 rings (SSSR count). The first-order valence-corrected chi connectivity index (χ1v) is 10.4. The molecular weight excluding hydrogens is 394 g/mol. The highest BCUT2D eigenvalue weighted by molar-refractivity contribution is 5.94. The third-order valence-corrected chi connectivity index (χ3v) is 5.39. The van der Waals surface area contributed by atoms with Crippen LogP contribution in [0.1, 0.15) is 42.5 Å². The number of hydrogen-bond donors (Lipinski definition) is 0. The summed E-state index contributed by atoms with van der Waals surface area (Å²) in [5.41, 5.74) is 1.09. The number of amides is 1. The fourth-order valence-electron chi connectivity index (χ4n) is 3.70. The molecule has 7 heteroatoms. The lowest BCUT2D eigenvalue weighted by atomic mass is 10.1. The lowest BCUT2D eigenvalue weighted by molar-refractivity contribution is 0.0655. The fourth-order valence-corrected chi connectivity index (χ4v) is 3.70. The van der Waals surface area contributed by atoms with Crippen molar-refractivity contribution in [3.8, 4) is 5.75 Å². The van der Waals surface area contributed by atoms with E-state index in [0.717, 1.165) is 0 Å². The first-order chi connectivity index (χ1) is 15.0. The van der Waals surface area contributed by atoms with Crippen LogP contribution in [0.3, 0.4) is 0 Å². The molecule has 1 atom stereocenters. The van der Waals surface area contributed by atoms with E-state index in [1.165, 1.54) is 0 Å². The van der Waals surface area contributed by atoms with E-state index in [-0.39, 0.29) is 11.5 Å². The van der Waals surface area contributed by atoms with Crippen LogP contribution in [0.4, 0.5) is 0 Å². The summed E-state index contributed by atoms with van der Waals surface area (Å²) in [4.78, 5) is 33.0. The Morgan fingerprint density at radius 2 is 1.84 bits per heavy atom. The number of fused-ring (bicyclic) bond motifs is 1. The molecule has 3 aromatic rings. The molecule has 0 fully saturated rings. The minimum absolute atomic E-state index is 0.0938. The van der Waals surface area contributed by atoms with Crippen LogP contribution < -0.4 is 10.3 Å². The third kappa shape index (κ3) is 4.77. The van der Waals surface area contributed by atoms with E-state index in [9.17, 15) is 9.59 Å². The van der Waals surface area contributed by atoms with Gasteiger partial charge in [0, 0.05) is 32.4 Å². The smallest absolute Gasteiger partial charge is 0.261 e. The maximum absolute atomic E-state index is 13.4. The van der Waals surface area contributed by atoms with E-state index in [1.54, 1.807) is 54.0 Å². The topological polar surface area (TPSA) is 73.7 Å². The van der Waals surface area contributed by atoms with Crippen LogP contribution in [0.2, 0.25) is 0 Å². The van der Waals surface area contributed by atoms with E-state index in [1.807, 2.05) is 32.0 Å². The number of rotatable bonds is 9. The second kappa shape index (κ2) is 10.2. The van der Waals surface area contributed by atoms with Crippen LogP contribution >= 0.6 is 0 Å². The molecule has 0 saturated heterocycles. The Morgan fingerprint density at radius 3 is 2.48 bits per heavy atom. The third-order valence-electron chi connectivity index (χ3n) is 5.39. The molecule has 0 bridgehead atoms. The summed E-state index contributed by atoms with van der Waals surface area (Å²) in [5.74, 6) is 1.13. The number of hydrogen-bond acceptors (Lipinski definition) is 5. The van der Waals surface area contributed by atoms with Gasteiger partial charge in [-0.05, 0) is 56.7 Å². The van der Waals surface area contributed by atoms with E-state index in [0.29, 0.717) is 54.2 Å². The molecule has 31 heavy (non-hydrogen) atoms. The standard InChI is InChI=1S/C24H29N3O4/c1-5-26-22(25-21-10-7-6-9-20(21)24(26)29)17(2)27(15-8-16-30-3)23(28)18-11-13-19(31-4)14-12-18/h6-7,9-14,17H,5,8,15-16H2,1-4H3. The van der Waals surface area contributed by atoms with Gasteiger partial charge < -0.3 is 14.4 Å². The minimum Gasteiger partial charge on any atom is -0.497 e. The number of aromatic nitrogens is 2. The van der Waals surface area contributed by atoms with Crippen LogP contribution in [0, 0.1) is 0 Å². The van der Waals surface area contributed by atoms with Crippen LogP contribution in [-0.4, -0.2) is 47.7 Å². The molecule has 0 aliphatic heterocycles. The summed E-state index contributed by atoms with van der Waals surface area (Å²) in [5, 5.41) is 0.577. The van der Waals surface area contributed by atoms with Crippen molar-refractivity contribution >= 4 is 16.8 Å². The number of carbonyl (C=O) groups is 1. The molecule has 7 nitrogen and oxygen atoms in total. The van der Waals surface area contributed by atoms with Gasteiger partial charge in [-0.2, -0.15) is 0 Å². The predicted molar refractivity (Wildman–Crippen MR) is 121 cm³/mol. The van der Waals surface area contributed by atoms with Crippen LogP contribution in [0.5, 0.6) is 5.75 Å². The summed E-state index contributed by atoms with van der Waals surface area (Å²) in [7, 11) is 3.23. The van der Waals surface area contributed by atoms with Crippen molar-refractivity contribution in [3.05, 3.63) is 70.3 Å². The zero-order valence-electron chi connectivity index (χ0n) is 18.5. The van der Waals surface area contributed by atoms with E-state index in [4.69, 9.17) is 14.5 Å². The predicted octanol–water partition coefficient (Wildman–Crippen LogP) is 3.66. The van der Waals surface area contributed by atoms with Crippen molar-refractivity contribution in [2.45, 2.75) is 32.9 Å². The normalized spacial score (nSPS) is 12.0. The van der Waals surface area contributed by atoms with Gasteiger partial charge in [-0.3, -0.25) is 14.2 Å². The van der Waals surface area contributed by atoms with Gasteiger partial charge in [0.2, 0.25) is 0 Å². The minimum atomic E-state index is -0.399. The average molecular weight is 424 g/mol. The molecule has 1 aromatic heterocycles. The molecule has 0 aliphatic rings. The summed E-state index contributed by atoms with van der Waals surface area (Å²) < 4.78 is 12.0. The quantitative estimate of drug-likeness (QED) is 0.491. The second-order valence-corrected chi connectivity index (χ2v) is 7.29. The molecule has 0 N–H and O–H groups in total. The van der Waals surface area contributed by atoms with Gasteiger partial charge in [0.05, 0.1) is 24.1 Å². The molecule has 0 saturated carbocycles. The Bertz CT molecular complexity index is 1090. The number of ether oxygens (including phenoxy) is 2. The highest BCUT2D eigenvalue weighted by Crippen LogP contribution is 2.23. The second-order valence-electron chi connectivity index (χ2n) is 7.29. The number of methoxy groups -OCH3 is 2. The lowest BCUT2D eigenvalue weighted by Crippen LogP contribution is -2.38. The van der Waals surface area contributed by atoms with Crippen LogP contribution in [-0.2, 0) is 11.3 Å². The van der Waals surface area contributed by atoms with Gasteiger partial charge in [0.15, 0.2) is 0 Å². The Morgan fingerprint density at radius 1 is 1.13 bits per heavy atom. The number of nitrogens with zero attached hydrogens (tertiary/aromatic N) is 3. The average Bonchev–Trinajstić information content (AvgIpc) is 2.81. The highest BCUT2D eigenvalue weighted by atomic mass is 16.5. The molecule has 1 heterocycles. The highest BCUT2D eigenvalue weighted by Gasteiger charge is 2.26. The van der Waals surface area contributed by atoms with E-state index >= 15 is 0 Å². The lowest BCUT2D eigenvalue weighted by Gasteiger charge is -2.30. The Labute approximate surface area is 182 Å². The number of para-hydroxylation sites is 1. The monoisotopic (exact) mass is 423 g/mol. The number of carbonyl (C=O) groups excluding carboxylic acids is 1. The summed E-state index contributed by atoms with van der Waals surface area (Å²) in [6, 6.07) is 13.9. The van der Waals surface area contributed by atoms with Crippen molar-refractivity contribution < 1.29 is 14.3 Å². The molecule has 1 amide bonds. The van der Waals surface area contributed by atoms with Gasteiger partial charge in [-0.15, -0.1) is 0 Å². The van der Waals surface area contributed by atoms with Gasteiger partial charge in [0.1, 0.15) is 11.6 Å². The van der Waals surface area contributed by atoms with E-state index in [2.05, 4.69) is 0 Å². The molecule has 0 radical (unpaired) electrons. The van der Waals surface area contributed by atoms with Crippen molar-refractivity contribution in [2.24, 2.45) is 0 Å². The maximum atomic E-state index is 13.4. The van der Waals surface area contributed by atoms with Gasteiger partial charge in [0.25, 0.3) is 11.5 Å². The molecule has 2 aromatic carbocycles. The molecule has 164 valence electrons. The molecule has 0 aliphatic carbocycles. The summed E-state index contributed by atoms with van der Waals surface area (Å²) in [6.07, 6.45) is 0.673. The zero-order chi connectivity index (χ0) is 22.4. The van der Waals surface area contributed by atoms with Gasteiger partial charge in [-0.1, -0.05) is 12.1 Å². The van der Waals surface area contributed by atoms with Gasteiger partial charge in [-0.25, -0.2) is 4.98 Å². The first-order valence-electron chi connectivity index (χ1n) is 10.4. The van der Waals surface area contributed by atoms with Crippen molar-refractivity contribution in [1.29, 1.82) is 0 Å². The van der Waals surface area contributed by atoms with Gasteiger partial charge >= 0.3 is 0 Å². The molecule has 1 unspecified atom stereocenters. The Balaban J connectivity index is 2.04.